The second-order valence-corrected chi connectivity index (χ2v) is 6.31. The summed E-state index contributed by atoms with van der Waals surface area (Å²) in [6, 6.07) is 7.84. The standard InChI is InChI=1S/C15H19ClO/c1-15(2)8-7-12(14(17)10-15)9-11-3-5-13(16)6-4-11/h3-6,12H,7-10H2,1-2H3. The highest BCUT2D eigenvalue weighted by atomic mass is 35.5. The molecule has 1 aliphatic carbocycles. The summed E-state index contributed by atoms with van der Waals surface area (Å²) < 4.78 is 0. The summed E-state index contributed by atoms with van der Waals surface area (Å²) in [7, 11) is 0. The van der Waals surface area contributed by atoms with Gasteiger partial charge in [-0.05, 0) is 42.4 Å². The highest BCUT2D eigenvalue weighted by molar-refractivity contribution is 6.30. The first-order valence-corrected chi connectivity index (χ1v) is 6.61. The molecule has 0 radical (unpaired) electrons. The van der Waals surface area contributed by atoms with E-state index in [4.69, 9.17) is 11.6 Å². The fraction of sp³-hybridized carbons (Fsp3) is 0.533. The molecule has 1 fully saturated rings. The lowest BCUT2D eigenvalue weighted by atomic mass is 9.71. The third kappa shape index (κ3) is 3.32. The number of hydrogen-bond donors (Lipinski definition) is 0. The largest absolute Gasteiger partial charge is 0.299 e. The van der Waals surface area contributed by atoms with E-state index >= 15 is 0 Å². The molecule has 92 valence electrons. The van der Waals surface area contributed by atoms with Crippen molar-refractivity contribution in [1.29, 1.82) is 0 Å². The van der Waals surface area contributed by atoms with Crippen LogP contribution in [0.1, 0.15) is 38.7 Å². The van der Waals surface area contributed by atoms with Gasteiger partial charge in [-0.3, -0.25) is 4.79 Å². The van der Waals surface area contributed by atoms with Crippen LogP contribution in [-0.4, -0.2) is 5.78 Å². The Hall–Kier alpha value is -0.820. The van der Waals surface area contributed by atoms with E-state index in [0.717, 1.165) is 30.7 Å². The van der Waals surface area contributed by atoms with Crippen molar-refractivity contribution in [2.75, 3.05) is 0 Å². The van der Waals surface area contributed by atoms with Crippen LogP contribution in [-0.2, 0) is 11.2 Å². The predicted octanol–water partition coefficient (Wildman–Crippen LogP) is 4.28. The van der Waals surface area contributed by atoms with Gasteiger partial charge in [0.15, 0.2) is 0 Å². The summed E-state index contributed by atoms with van der Waals surface area (Å²) in [6.45, 7) is 4.37. The fourth-order valence-corrected chi connectivity index (χ4v) is 2.68. The molecule has 17 heavy (non-hydrogen) atoms. The monoisotopic (exact) mass is 250 g/mol. The molecule has 1 aromatic rings. The normalized spacial score (nSPS) is 23.7. The Morgan fingerprint density at radius 3 is 2.53 bits per heavy atom. The minimum absolute atomic E-state index is 0.202. The van der Waals surface area contributed by atoms with Crippen molar-refractivity contribution >= 4 is 17.4 Å². The predicted molar refractivity (Wildman–Crippen MR) is 71.3 cm³/mol. The van der Waals surface area contributed by atoms with Crippen LogP contribution in [0.25, 0.3) is 0 Å². The Morgan fingerprint density at radius 1 is 1.29 bits per heavy atom. The van der Waals surface area contributed by atoms with Crippen molar-refractivity contribution in [3.8, 4) is 0 Å². The minimum atomic E-state index is 0.202. The minimum Gasteiger partial charge on any atom is -0.299 e. The molecule has 1 aromatic carbocycles. The maximum atomic E-state index is 12.1. The van der Waals surface area contributed by atoms with Crippen LogP contribution in [0.4, 0.5) is 0 Å². The summed E-state index contributed by atoms with van der Waals surface area (Å²) in [5.74, 6) is 0.639. The molecular formula is C15H19ClO. The lowest BCUT2D eigenvalue weighted by Crippen LogP contribution is -2.31. The van der Waals surface area contributed by atoms with E-state index in [1.54, 1.807) is 0 Å². The molecule has 0 saturated heterocycles. The van der Waals surface area contributed by atoms with Crippen molar-refractivity contribution < 1.29 is 4.79 Å². The van der Waals surface area contributed by atoms with Gasteiger partial charge >= 0.3 is 0 Å². The van der Waals surface area contributed by atoms with Crippen molar-refractivity contribution in [3.05, 3.63) is 34.9 Å². The Kier molecular flexibility index (Phi) is 3.58. The van der Waals surface area contributed by atoms with E-state index in [1.165, 1.54) is 5.56 Å². The molecule has 0 N–H and O–H groups in total. The number of hydrogen-bond acceptors (Lipinski definition) is 1. The molecule has 0 heterocycles. The van der Waals surface area contributed by atoms with E-state index in [-0.39, 0.29) is 11.3 Å². The van der Waals surface area contributed by atoms with Crippen LogP contribution >= 0.6 is 11.6 Å². The lowest BCUT2D eigenvalue weighted by Gasteiger charge is -2.33. The maximum Gasteiger partial charge on any atom is 0.136 e. The Balaban J connectivity index is 2.00. The molecule has 2 heteroatoms. The zero-order chi connectivity index (χ0) is 12.5. The molecule has 0 bridgehead atoms. The van der Waals surface area contributed by atoms with Gasteiger partial charge in [-0.1, -0.05) is 37.6 Å². The Bertz CT molecular complexity index is 405. The lowest BCUT2D eigenvalue weighted by molar-refractivity contribution is -0.127. The van der Waals surface area contributed by atoms with Gasteiger partial charge in [-0.25, -0.2) is 0 Å². The first kappa shape index (κ1) is 12.6. The second kappa shape index (κ2) is 4.81. The van der Waals surface area contributed by atoms with Crippen LogP contribution < -0.4 is 0 Å². The summed E-state index contributed by atoms with van der Waals surface area (Å²) >= 11 is 5.85. The molecule has 0 amide bonds. The molecule has 1 aliphatic rings. The summed E-state index contributed by atoms with van der Waals surface area (Å²) in [4.78, 5) is 12.1. The smallest absolute Gasteiger partial charge is 0.136 e. The number of carbonyl (C=O) groups is 1. The SMILES string of the molecule is CC1(C)CCC(Cc2ccc(Cl)cc2)C(=O)C1. The average Bonchev–Trinajstić information content (AvgIpc) is 2.24. The molecular weight excluding hydrogens is 232 g/mol. The number of halogens is 1. The number of benzene rings is 1. The van der Waals surface area contributed by atoms with Gasteiger partial charge in [-0.15, -0.1) is 0 Å². The molecule has 0 aromatic heterocycles. The van der Waals surface area contributed by atoms with E-state index in [2.05, 4.69) is 13.8 Å². The van der Waals surface area contributed by atoms with Crippen LogP contribution in [0, 0.1) is 11.3 Å². The third-order valence-corrected chi connectivity index (χ3v) is 3.93. The zero-order valence-electron chi connectivity index (χ0n) is 10.5. The maximum absolute atomic E-state index is 12.1. The molecule has 1 atom stereocenters. The number of carbonyl (C=O) groups excluding carboxylic acids is 1. The quantitative estimate of drug-likeness (QED) is 0.766. The van der Waals surface area contributed by atoms with Crippen LogP contribution in [0.15, 0.2) is 24.3 Å². The van der Waals surface area contributed by atoms with Crippen molar-refractivity contribution in [2.24, 2.45) is 11.3 Å². The van der Waals surface area contributed by atoms with Gasteiger partial charge in [0.2, 0.25) is 0 Å². The zero-order valence-corrected chi connectivity index (χ0v) is 11.3. The first-order valence-electron chi connectivity index (χ1n) is 6.23. The molecule has 1 nitrogen and oxygen atoms in total. The van der Waals surface area contributed by atoms with Crippen LogP contribution in [0.3, 0.4) is 0 Å². The van der Waals surface area contributed by atoms with Gasteiger partial charge in [-0.2, -0.15) is 0 Å². The van der Waals surface area contributed by atoms with Crippen molar-refractivity contribution in [1.82, 2.24) is 0 Å². The molecule has 1 unspecified atom stereocenters. The number of ketones is 1. The molecule has 2 rings (SSSR count). The van der Waals surface area contributed by atoms with E-state index in [0.29, 0.717) is 5.78 Å². The van der Waals surface area contributed by atoms with Gasteiger partial charge in [0.1, 0.15) is 5.78 Å². The highest BCUT2D eigenvalue weighted by Crippen LogP contribution is 2.37. The van der Waals surface area contributed by atoms with Crippen LogP contribution in [0.5, 0.6) is 0 Å². The van der Waals surface area contributed by atoms with E-state index in [1.807, 2.05) is 24.3 Å². The van der Waals surface area contributed by atoms with Crippen molar-refractivity contribution in [3.63, 3.8) is 0 Å². The molecule has 1 saturated carbocycles. The van der Waals surface area contributed by atoms with Gasteiger partial charge in [0, 0.05) is 17.4 Å². The third-order valence-electron chi connectivity index (χ3n) is 3.67. The van der Waals surface area contributed by atoms with Gasteiger partial charge in [0.25, 0.3) is 0 Å². The number of Topliss-reactive ketones (excluding diaryl/α,β-unsaturated/α-hetero) is 1. The van der Waals surface area contributed by atoms with Gasteiger partial charge in [0.05, 0.1) is 0 Å². The molecule has 0 spiro atoms. The van der Waals surface area contributed by atoms with Gasteiger partial charge < -0.3 is 0 Å². The number of rotatable bonds is 2. The second-order valence-electron chi connectivity index (χ2n) is 5.87. The topological polar surface area (TPSA) is 17.1 Å². The first-order chi connectivity index (χ1) is 7.96. The van der Waals surface area contributed by atoms with Crippen LogP contribution in [0.2, 0.25) is 5.02 Å². The summed E-state index contributed by atoms with van der Waals surface area (Å²) in [5.41, 5.74) is 1.42. The summed E-state index contributed by atoms with van der Waals surface area (Å²) in [6.07, 6.45) is 3.77. The molecule has 0 aliphatic heterocycles. The summed E-state index contributed by atoms with van der Waals surface area (Å²) in [5, 5.41) is 0.754. The average molecular weight is 251 g/mol. The highest BCUT2D eigenvalue weighted by Gasteiger charge is 2.33. The van der Waals surface area contributed by atoms with Crippen molar-refractivity contribution in [2.45, 2.75) is 39.5 Å². The van der Waals surface area contributed by atoms with E-state index in [9.17, 15) is 4.79 Å². The Morgan fingerprint density at radius 2 is 1.94 bits per heavy atom. The Labute approximate surface area is 108 Å². The van der Waals surface area contributed by atoms with E-state index < -0.39 is 0 Å². The fourth-order valence-electron chi connectivity index (χ4n) is 2.55.